The Morgan fingerprint density at radius 1 is 0.893 bits per heavy atom. The third kappa shape index (κ3) is 3.54. The van der Waals surface area contributed by atoms with Crippen molar-refractivity contribution >= 4 is 28.3 Å². The molecule has 0 unspecified atom stereocenters. The molecule has 0 amide bonds. The highest BCUT2D eigenvalue weighted by molar-refractivity contribution is 6.31. The maximum absolute atomic E-state index is 6.25. The Bertz CT molecular complexity index is 1200. The lowest BCUT2D eigenvalue weighted by Gasteiger charge is -2.08. The smallest absolute Gasteiger partial charge is 0.136 e. The second kappa shape index (κ2) is 7.53. The van der Waals surface area contributed by atoms with Crippen molar-refractivity contribution in [3.8, 4) is 17.1 Å². The van der Waals surface area contributed by atoms with Crippen LogP contribution in [0.4, 0.5) is 5.69 Å². The first kappa shape index (κ1) is 18.3. The molecule has 3 nitrogen and oxygen atoms in total. The van der Waals surface area contributed by atoms with Crippen molar-refractivity contribution < 1.29 is 9.15 Å². The standard InChI is InChI=1S/C24H20ClNO2/c1-15-5-4-6-16(2)24(15)26-21-14-23(17-7-10-19(27-3)11-8-17)28-22-12-9-18(25)13-20(21)22/h4-14H,1-3H3. The topological polar surface area (TPSA) is 34.7 Å². The van der Waals surface area contributed by atoms with E-state index in [1.54, 1.807) is 7.11 Å². The van der Waals surface area contributed by atoms with Gasteiger partial charge in [0, 0.05) is 22.0 Å². The molecule has 140 valence electrons. The van der Waals surface area contributed by atoms with E-state index in [4.69, 9.17) is 25.7 Å². The van der Waals surface area contributed by atoms with Gasteiger partial charge in [0.2, 0.25) is 0 Å². The number of fused-ring (bicyclic) bond motifs is 1. The zero-order valence-electron chi connectivity index (χ0n) is 16.0. The second-order valence-electron chi connectivity index (χ2n) is 6.72. The maximum Gasteiger partial charge on any atom is 0.136 e. The first-order valence-corrected chi connectivity index (χ1v) is 9.42. The summed E-state index contributed by atoms with van der Waals surface area (Å²) in [6, 6.07) is 21.5. The van der Waals surface area contributed by atoms with Gasteiger partial charge in [-0.25, -0.2) is 4.99 Å². The van der Waals surface area contributed by atoms with Crippen LogP contribution in [0, 0.1) is 13.8 Å². The molecule has 0 aliphatic heterocycles. The normalized spacial score (nSPS) is 11.8. The summed E-state index contributed by atoms with van der Waals surface area (Å²) in [6.45, 7) is 4.14. The van der Waals surface area contributed by atoms with Crippen LogP contribution in [0.5, 0.6) is 5.75 Å². The van der Waals surface area contributed by atoms with Crippen molar-refractivity contribution in [2.24, 2.45) is 4.99 Å². The molecule has 0 aliphatic carbocycles. The van der Waals surface area contributed by atoms with Crippen molar-refractivity contribution in [2.45, 2.75) is 13.8 Å². The van der Waals surface area contributed by atoms with E-state index in [0.29, 0.717) is 5.02 Å². The van der Waals surface area contributed by atoms with E-state index in [1.165, 1.54) is 0 Å². The molecule has 1 heterocycles. The molecule has 0 aliphatic rings. The summed E-state index contributed by atoms with van der Waals surface area (Å²) >= 11 is 6.25. The van der Waals surface area contributed by atoms with Crippen LogP contribution in [-0.4, -0.2) is 7.11 Å². The fourth-order valence-corrected chi connectivity index (χ4v) is 3.41. The summed E-state index contributed by atoms with van der Waals surface area (Å²) < 4.78 is 11.4. The molecule has 1 aromatic heterocycles. The quantitative estimate of drug-likeness (QED) is 0.395. The minimum absolute atomic E-state index is 0.651. The van der Waals surface area contributed by atoms with E-state index in [1.807, 2.05) is 54.6 Å². The van der Waals surface area contributed by atoms with Gasteiger partial charge in [-0.05, 0) is 67.4 Å². The molecule has 28 heavy (non-hydrogen) atoms. The van der Waals surface area contributed by atoms with Crippen molar-refractivity contribution in [3.63, 3.8) is 0 Å². The van der Waals surface area contributed by atoms with Gasteiger partial charge in [-0.15, -0.1) is 0 Å². The van der Waals surface area contributed by atoms with Crippen molar-refractivity contribution in [1.82, 2.24) is 0 Å². The van der Waals surface area contributed by atoms with Crippen molar-refractivity contribution in [2.75, 3.05) is 7.11 Å². The van der Waals surface area contributed by atoms with Gasteiger partial charge >= 0.3 is 0 Å². The predicted octanol–water partition coefficient (Wildman–Crippen LogP) is 6.61. The van der Waals surface area contributed by atoms with Crippen LogP contribution in [0.15, 0.2) is 76.1 Å². The molecule has 0 atom stereocenters. The van der Waals surface area contributed by atoms with Crippen LogP contribution in [0.3, 0.4) is 0 Å². The number of benzene rings is 3. The van der Waals surface area contributed by atoms with Gasteiger partial charge in [-0.2, -0.15) is 0 Å². The Balaban J connectivity index is 2.00. The number of methoxy groups -OCH3 is 1. The molecular weight excluding hydrogens is 370 g/mol. The number of hydrogen-bond donors (Lipinski definition) is 0. The Kier molecular flexibility index (Phi) is 4.93. The highest BCUT2D eigenvalue weighted by Gasteiger charge is 2.08. The first-order valence-electron chi connectivity index (χ1n) is 9.04. The lowest BCUT2D eigenvalue weighted by molar-refractivity contribution is 0.415. The van der Waals surface area contributed by atoms with Crippen LogP contribution in [-0.2, 0) is 0 Å². The number of nitrogens with zero attached hydrogens (tertiary/aromatic N) is 1. The highest BCUT2D eigenvalue weighted by Crippen LogP contribution is 2.27. The molecule has 4 aromatic rings. The number of rotatable bonds is 3. The molecule has 4 heteroatoms. The number of para-hydroxylation sites is 1. The summed E-state index contributed by atoms with van der Waals surface area (Å²) in [5.74, 6) is 1.54. The monoisotopic (exact) mass is 389 g/mol. The highest BCUT2D eigenvalue weighted by atomic mass is 35.5. The van der Waals surface area contributed by atoms with Crippen molar-refractivity contribution in [3.05, 3.63) is 88.2 Å². The zero-order chi connectivity index (χ0) is 19.7. The summed E-state index contributed by atoms with van der Waals surface area (Å²) in [4.78, 5) is 4.99. The molecular formula is C24H20ClNO2. The van der Waals surface area contributed by atoms with Crippen LogP contribution in [0.2, 0.25) is 5.02 Å². The molecule has 4 rings (SSSR count). The Labute approximate surface area is 168 Å². The lowest BCUT2D eigenvalue weighted by Crippen LogP contribution is -2.04. The van der Waals surface area contributed by atoms with E-state index in [9.17, 15) is 0 Å². The predicted molar refractivity (Wildman–Crippen MR) is 114 cm³/mol. The molecule has 0 bridgehead atoms. The van der Waals surface area contributed by atoms with Gasteiger partial charge in [0.25, 0.3) is 0 Å². The van der Waals surface area contributed by atoms with Crippen LogP contribution in [0.25, 0.3) is 22.3 Å². The lowest BCUT2D eigenvalue weighted by atomic mass is 10.1. The van der Waals surface area contributed by atoms with E-state index in [0.717, 1.165) is 50.2 Å². The summed E-state index contributed by atoms with van der Waals surface area (Å²) in [5.41, 5.74) is 4.91. The molecule has 0 saturated carbocycles. The second-order valence-corrected chi connectivity index (χ2v) is 7.15. The van der Waals surface area contributed by atoms with Gasteiger partial charge < -0.3 is 9.15 Å². The largest absolute Gasteiger partial charge is 0.497 e. The Morgan fingerprint density at radius 2 is 1.61 bits per heavy atom. The molecule has 0 saturated heterocycles. The Morgan fingerprint density at radius 3 is 2.29 bits per heavy atom. The zero-order valence-corrected chi connectivity index (χ0v) is 16.7. The SMILES string of the molecule is COc1ccc(-c2cc(=Nc3c(C)cccc3C)c3cc(Cl)ccc3o2)cc1. The number of ether oxygens (including phenoxy) is 1. The number of halogens is 1. The third-order valence-electron chi connectivity index (χ3n) is 4.75. The van der Waals surface area contributed by atoms with E-state index < -0.39 is 0 Å². The van der Waals surface area contributed by atoms with Crippen LogP contribution in [0.1, 0.15) is 11.1 Å². The van der Waals surface area contributed by atoms with E-state index >= 15 is 0 Å². The van der Waals surface area contributed by atoms with Gasteiger partial charge in [0.1, 0.15) is 17.1 Å². The molecule has 0 spiro atoms. The number of hydrogen-bond acceptors (Lipinski definition) is 3. The average Bonchev–Trinajstić information content (AvgIpc) is 2.71. The Hall–Kier alpha value is -3.04. The minimum Gasteiger partial charge on any atom is -0.497 e. The molecule has 0 fully saturated rings. The van der Waals surface area contributed by atoms with E-state index in [-0.39, 0.29) is 0 Å². The van der Waals surface area contributed by atoms with Gasteiger partial charge in [-0.1, -0.05) is 29.8 Å². The third-order valence-corrected chi connectivity index (χ3v) is 4.99. The molecule has 3 aromatic carbocycles. The summed E-state index contributed by atoms with van der Waals surface area (Å²) in [7, 11) is 1.65. The number of aryl methyl sites for hydroxylation is 2. The fraction of sp³-hybridized carbons (Fsp3) is 0.125. The molecule has 0 N–H and O–H groups in total. The maximum atomic E-state index is 6.25. The first-order chi connectivity index (χ1) is 13.5. The van der Waals surface area contributed by atoms with Gasteiger partial charge in [0.05, 0.1) is 18.2 Å². The van der Waals surface area contributed by atoms with E-state index in [2.05, 4.69) is 26.0 Å². The fourth-order valence-electron chi connectivity index (χ4n) is 3.23. The van der Waals surface area contributed by atoms with Gasteiger partial charge in [-0.3, -0.25) is 0 Å². The summed E-state index contributed by atoms with van der Waals surface area (Å²) in [5, 5.41) is 2.36. The van der Waals surface area contributed by atoms with Crippen LogP contribution < -0.4 is 10.1 Å². The van der Waals surface area contributed by atoms with Crippen LogP contribution >= 0.6 is 11.6 Å². The molecule has 0 radical (unpaired) electrons. The van der Waals surface area contributed by atoms with Gasteiger partial charge in [0.15, 0.2) is 0 Å². The van der Waals surface area contributed by atoms with Crippen molar-refractivity contribution in [1.29, 1.82) is 0 Å². The summed E-state index contributed by atoms with van der Waals surface area (Å²) in [6.07, 6.45) is 0. The minimum atomic E-state index is 0.651. The average molecular weight is 390 g/mol.